The molecular weight excluding hydrogens is 234 g/mol. The van der Waals surface area contributed by atoms with Crippen molar-refractivity contribution in [3.05, 3.63) is 24.0 Å². The molecule has 0 saturated carbocycles. The second-order valence-electron chi connectivity index (χ2n) is 4.24. The third-order valence-electron chi connectivity index (χ3n) is 3.13. The maximum atomic E-state index is 11.8. The standard InChI is InChI=1S/C11H11N5O2/c12-8-3-1-6(10-15-13-5-16(8)10)7-2-4-9(17)14-11(7)18/h1,3,5,7H,2,4,12H2,(H,14,17,18). The lowest BCUT2D eigenvalue weighted by Crippen LogP contribution is -2.39. The molecule has 2 amide bonds. The van der Waals surface area contributed by atoms with E-state index in [1.807, 2.05) is 0 Å². The fourth-order valence-corrected chi connectivity index (χ4v) is 2.21. The highest BCUT2D eigenvalue weighted by Gasteiger charge is 2.30. The molecule has 0 aliphatic carbocycles. The molecule has 7 heteroatoms. The van der Waals surface area contributed by atoms with Crippen molar-refractivity contribution in [2.24, 2.45) is 0 Å². The number of nitrogens with two attached hydrogens (primary N) is 1. The number of anilines is 1. The number of rotatable bonds is 1. The molecule has 1 aliphatic heterocycles. The van der Waals surface area contributed by atoms with Crippen LogP contribution in [0.4, 0.5) is 5.82 Å². The summed E-state index contributed by atoms with van der Waals surface area (Å²) >= 11 is 0. The lowest BCUT2D eigenvalue weighted by Gasteiger charge is -2.21. The molecule has 3 heterocycles. The van der Waals surface area contributed by atoms with Gasteiger partial charge < -0.3 is 5.73 Å². The van der Waals surface area contributed by atoms with Crippen molar-refractivity contribution >= 4 is 23.3 Å². The van der Waals surface area contributed by atoms with E-state index in [1.54, 1.807) is 16.5 Å². The highest BCUT2D eigenvalue weighted by atomic mass is 16.2. The van der Waals surface area contributed by atoms with Crippen LogP contribution in [-0.2, 0) is 9.59 Å². The van der Waals surface area contributed by atoms with Crippen LogP contribution < -0.4 is 11.1 Å². The molecule has 3 rings (SSSR count). The van der Waals surface area contributed by atoms with Gasteiger partial charge in [0.25, 0.3) is 0 Å². The normalized spacial score (nSPS) is 20.1. The molecule has 1 fully saturated rings. The molecule has 1 unspecified atom stereocenters. The number of amides is 2. The molecule has 2 aromatic rings. The monoisotopic (exact) mass is 245 g/mol. The Hall–Kier alpha value is -2.44. The van der Waals surface area contributed by atoms with Gasteiger partial charge in [-0.25, -0.2) is 0 Å². The van der Waals surface area contributed by atoms with Gasteiger partial charge >= 0.3 is 0 Å². The first-order chi connectivity index (χ1) is 8.66. The number of hydrogen-bond donors (Lipinski definition) is 2. The summed E-state index contributed by atoms with van der Waals surface area (Å²) in [5.74, 6) is -0.397. The third-order valence-corrected chi connectivity index (χ3v) is 3.13. The number of carbonyl (C=O) groups is 2. The number of carbonyl (C=O) groups excluding carboxylic acids is 2. The topological polar surface area (TPSA) is 102 Å². The van der Waals surface area contributed by atoms with Gasteiger partial charge in [0.2, 0.25) is 11.8 Å². The second-order valence-corrected chi connectivity index (χ2v) is 4.24. The number of aromatic nitrogens is 3. The zero-order valence-corrected chi connectivity index (χ0v) is 9.46. The predicted octanol–water partition coefficient (Wildman–Crippen LogP) is -0.168. The van der Waals surface area contributed by atoms with Crippen LogP contribution in [0.5, 0.6) is 0 Å². The van der Waals surface area contributed by atoms with E-state index in [0.717, 1.165) is 5.56 Å². The summed E-state index contributed by atoms with van der Waals surface area (Å²) in [5.41, 5.74) is 7.09. The minimum absolute atomic E-state index is 0.232. The number of pyridine rings is 1. The number of hydrogen-bond acceptors (Lipinski definition) is 5. The van der Waals surface area contributed by atoms with Gasteiger partial charge in [-0.1, -0.05) is 6.07 Å². The molecule has 0 spiro atoms. The molecule has 18 heavy (non-hydrogen) atoms. The van der Waals surface area contributed by atoms with Gasteiger partial charge in [0.05, 0.1) is 5.92 Å². The van der Waals surface area contributed by atoms with E-state index >= 15 is 0 Å². The van der Waals surface area contributed by atoms with Crippen LogP contribution >= 0.6 is 0 Å². The predicted molar refractivity (Wildman–Crippen MR) is 62.5 cm³/mol. The third kappa shape index (κ3) is 1.52. The fraction of sp³-hybridized carbons (Fsp3) is 0.273. The van der Waals surface area contributed by atoms with Crippen LogP contribution in [0.3, 0.4) is 0 Å². The van der Waals surface area contributed by atoms with Crippen LogP contribution in [-0.4, -0.2) is 26.4 Å². The number of nitrogens with zero attached hydrogens (tertiary/aromatic N) is 3. The van der Waals surface area contributed by atoms with Gasteiger partial charge in [-0.2, -0.15) is 0 Å². The van der Waals surface area contributed by atoms with E-state index in [1.165, 1.54) is 6.33 Å². The van der Waals surface area contributed by atoms with Crippen LogP contribution in [0.1, 0.15) is 24.3 Å². The number of imide groups is 1. The molecule has 1 saturated heterocycles. The SMILES string of the molecule is Nc1ccc(C2CCC(=O)NC2=O)c2nncn12. The summed E-state index contributed by atoms with van der Waals surface area (Å²) in [6.45, 7) is 0. The Kier molecular flexibility index (Phi) is 2.26. The van der Waals surface area contributed by atoms with Gasteiger partial charge in [-0.3, -0.25) is 19.3 Å². The largest absolute Gasteiger partial charge is 0.385 e. The summed E-state index contributed by atoms with van der Waals surface area (Å²) in [4.78, 5) is 23.0. The molecule has 1 atom stereocenters. The number of piperidine rings is 1. The average molecular weight is 245 g/mol. The van der Waals surface area contributed by atoms with Crippen molar-refractivity contribution in [1.82, 2.24) is 19.9 Å². The van der Waals surface area contributed by atoms with E-state index < -0.39 is 0 Å². The maximum Gasteiger partial charge on any atom is 0.234 e. The Morgan fingerprint density at radius 3 is 3.00 bits per heavy atom. The number of nitrogens with one attached hydrogen (secondary N) is 1. The highest BCUT2D eigenvalue weighted by Crippen LogP contribution is 2.28. The highest BCUT2D eigenvalue weighted by molar-refractivity contribution is 6.01. The molecule has 7 nitrogen and oxygen atoms in total. The Labute approximate surface area is 102 Å². The van der Waals surface area contributed by atoms with Gasteiger partial charge in [0, 0.05) is 12.0 Å². The Morgan fingerprint density at radius 2 is 2.22 bits per heavy atom. The minimum Gasteiger partial charge on any atom is -0.385 e. The zero-order valence-electron chi connectivity index (χ0n) is 9.46. The first-order valence-electron chi connectivity index (χ1n) is 5.58. The number of nitrogen functional groups attached to an aromatic ring is 1. The lowest BCUT2D eigenvalue weighted by atomic mass is 9.91. The molecular formula is C11H11N5O2. The number of fused-ring (bicyclic) bond motifs is 1. The summed E-state index contributed by atoms with van der Waals surface area (Å²) < 4.78 is 1.62. The van der Waals surface area contributed by atoms with Crippen molar-refractivity contribution in [1.29, 1.82) is 0 Å². The van der Waals surface area contributed by atoms with Gasteiger partial charge in [-0.15, -0.1) is 10.2 Å². The molecule has 2 aromatic heterocycles. The lowest BCUT2D eigenvalue weighted by molar-refractivity contribution is -0.134. The fourth-order valence-electron chi connectivity index (χ4n) is 2.21. The maximum absolute atomic E-state index is 11.8. The van der Waals surface area contributed by atoms with E-state index in [4.69, 9.17) is 5.73 Å². The zero-order chi connectivity index (χ0) is 12.7. The average Bonchev–Trinajstić information content (AvgIpc) is 2.81. The van der Waals surface area contributed by atoms with Crippen LogP contribution in [0, 0.1) is 0 Å². The van der Waals surface area contributed by atoms with Crippen molar-refractivity contribution in [2.45, 2.75) is 18.8 Å². The van der Waals surface area contributed by atoms with Gasteiger partial charge in [0.15, 0.2) is 5.65 Å². The molecule has 0 bridgehead atoms. The molecule has 0 radical (unpaired) electrons. The summed E-state index contributed by atoms with van der Waals surface area (Å²) in [6.07, 6.45) is 2.32. The van der Waals surface area contributed by atoms with E-state index in [9.17, 15) is 9.59 Å². The molecule has 92 valence electrons. The van der Waals surface area contributed by atoms with Crippen LogP contribution in [0.25, 0.3) is 5.65 Å². The van der Waals surface area contributed by atoms with E-state index in [-0.39, 0.29) is 17.7 Å². The van der Waals surface area contributed by atoms with Crippen molar-refractivity contribution in [3.63, 3.8) is 0 Å². The first-order valence-corrected chi connectivity index (χ1v) is 5.58. The van der Waals surface area contributed by atoms with Crippen molar-refractivity contribution in [2.75, 3.05) is 5.73 Å². The van der Waals surface area contributed by atoms with E-state index in [2.05, 4.69) is 15.5 Å². The van der Waals surface area contributed by atoms with Crippen molar-refractivity contribution in [3.8, 4) is 0 Å². The Morgan fingerprint density at radius 1 is 1.39 bits per heavy atom. The smallest absolute Gasteiger partial charge is 0.234 e. The quantitative estimate of drug-likeness (QED) is 0.679. The molecule has 0 aromatic carbocycles. The van der Waals surface area contributed by atoms with Gasteiger partial charge in [0.1, 0.15) is 12.1 Å². The van der Waals surface area contributed by atoms with Crippen molar-refractivity contribution < 1.29 is 9.59 Å². The van der Waals surface area contributed by atoms with Crippen LogP contribution in [0.15, 0.2) is 18.5 Å². The first kappa shape index (κ1) is 10.7. The second kappa shape index (κ2) is 3.80. The summed E-state index contributed by atoms with van der Waals surface area (Å²) in [6, 6.07) is 3.47. The molecule has 1 aliphatic rings. The molecule has 3 N–H and O–H groups in total. The minimum atomic E-state index is -0.380. The summed E-state index contributed by atoms with van der Waals surface area (Å²) in [7, 11) is 0. The van der Waals surface area contributed by atoms with E-state index in [0.29, 0.717) is 24.3 Å². The van der Waals surface area contributed by atoms with Gasteiger partial charge in [-0.05, 0) is 12.5 Å². The Balaban J connectivity index is 2.09. The van der Waals surface area contributed by atoms with Crippen LogP contribution in [0.2, 0.25) is 0 Å². The summed E-state index contributed by atoms with van der Waals surface area (Å²) in [5, 5.41) is 10.1. The Bertz CT molecular complexity index is 648.